The van der Waals surface area contributed by atoms with Gasteiger partial charge in [-0.2, -0.15) is 0 Å². The van der Waals surface area contributed by atoms with Gasteiger partial charge in [-0.1, -0.05) is 18.2 Å². The average Bonchev–Trinajstić information content (AvgIpc) is 2.96. The van der Waals surface area contributed by atoms with Gasteiger partial charge in [-0.05, 0) is 13.0 Å². The molecule has 2 heterocycles. The van der Waals surface area contributed by atoms with Gasteiger partial charge in [0.05, 0.1) is 12.3 Å². The SMILES string of the molecule is COCCC(=O)NCc1cnc(C)nc1-c1cn(C)c2ccccc12. The van der Waals surface area contributed by atoms with E-state index < -0.39 is 0 Å². The predicted octanol–water partition coefficient (Wildman–Crippen LogP) is 2.60. The molecule has 1 aromatic carbocycles. The van der Waals surface area contributed by atoms with E-state index in [2.05, 4.69) is 38.2 Å². The molecule has 0 spiro atoms. The van der Waals surface area contributed by atoms with Gasteiger partial charge in [0.15, 0.2) is 0 Å². The summed E-state index contributed by atoms with van der Waals surface area (Å²) in [5.74, 6) is 0.656. The lowest BCUT2D eigenvalue weighted by atomic mass is 10.1. The highest BCUT2D eigenvalue weighted by molar-refractivity contribution is 5.95. The van der Waals surface area contributed by atoms with Gasteiger partial charge in [-0.25, -0.2) is 9.97 Å². The third-order valence-corrected chi connectivity index (χ3v) is 4.15. The van der Waals surface area contributed by atoms with Crippen LogP contribution in [0.2, 0.25) is 0 Å². The number of ether oxygens (including phenoxy) is 1. The summed E-state index contributed by atoms with van der Waals surface area (Å²) in [7, 11) is 3.60. The summed E-state index contributed by atoms with van der Waals surface area (Å²) in [4.78, 5) is 20.8. The number of hydrogen-bond donors (Lipinski definition) is 1. The van der Waals surface area contributed by atoms with E-state index in [0.717, 1.165) is 27.7 Å². The van der Waals surface area contributed by atoms with E-state index in [9.17, 15) is 4.79 Å². The zero-order chi connectivity index (χ0) is 17.8. The molecule has 130 valence electrons. The molecule has 0 bridgehead atoms. The first-order chi connectivity index (χ1) is 12.1. The highest BCUT2D eigenvalue weighted by Gasteiger charge is 2.15. The van der Waals surface area contributed by atoms with Crippen LogP contribution in [0.15, 0.2) is 36.7 Å². The van der Waals surface area contributed by atoms with E-state index in [0.29, 0.717) is 25.4 Å². The van der Waals surface area contributed by atoms with Gasteiger partial charge in [0.1, 0.15) is 5.82 Å². The molecule has 0 radical (unpaired) electrons. The third kappa shape index (κ3) is 3.69. The fourth-order valence-corrected chi connectivity index (χ4v) is 2.86. The van der Waals surface area contributed by atoms with Crippen LogP contribution in [-0.4, -0.2) is 34.2 Å². The molecule has 0 unspecified atom stereocenters. The molecule has 0 aliphatic carbocycles. The fraction of sp³-hybridized carbons (Fsp3) is 0.316. The Morgan fingerprint density at radius 2 is 2.12 bits per heavy atom. The maximum absolute atomic E-state index is 11.9. The molecule has 0 saturated heterocycles. The second-order valence-electron chi connectivity index (χ2n) is 5.98. The minimum atomic E-state index is -0.0497. The normalized spacial score (nSPS) is 11.0. The molecular weight excluding hydrogens is 316 g/mol. The van der Waals surface area contributed by atoms with Crippen LogP contribution in [0.5, 0.6) is 0 Å². The Balaban J connectivity index is 1.95. The molecule has 0 saturated carbocycles. The van der Waals surface area contributed by atoms with E-state index in [-0.39, 0.29) is 5.91 Å². The maximum Gasteiger partial charge on any atom is 0.222 e. The Bertz CT molecular complexity index is 902. The minimum absolute atomic E-state index is 0.0497. The molecule has 0 aliphatic rings. The summed E-state index contributed by atoms with van der Waals surface area (Å²) in [6.45, 7) is 2.67. The maximum atomic E-state index is 11.9. The minimum Gasteiger partial charge on any atom is -0.384 e. The largest absolute Gasteiger partial charge is 0.384 e. The lowest BCUT2D eigenvalue weighted by Crippen LogP contribution is -2.24. The van der Waals surface area contributed by atoms with Gasteiger partial charge in [0.25, 0.3) is 0 Å². The molecule has 0 aliphatic heterocycles. The van der Waals surface area contributed by atoms with Crippen molar-refractivity contribution < 1.29 is 9.53 Å². The lowest BCUT2D eigenvalue weighted by molar-refractivity contribution is -0.122. The lowest BCUT2D eigenvalue weighted by Gasteiger charge is -2.10. The molecule has 2 aromatic heterocycles. The molecule has 6 heteroatoms. The van der Waals surface area contributed by atoms with Crippen molar-refractivity contribution >= 4 is 16.8 Å². The number of rotatable bonds is 6. The summed E-state index contributed by atoms with van der Waals surface area (Å²) < 4.78 is 7.02. The van der Waals surface area contributed by atoms with Gasteiger partial charge in [0.2, 0.25) is 5.91 Å². The highest BCUT2D eigenvalue weighted by atomic mass is 16.5. The first-order valence-electron chi connectivity index (χ1n) is 8.22. The van der Waals surface area contributed by atoms with Crippen molar-refractivity contribution in [2.45, 2.75) is 19.9 Å². The van der Waals surface area contributed by atoms with Crippen LogP contribution >= 0.6 is 0 Å². The molecule has 1 N–H and O–H groups in total. The predicted molar refractivity (Wildman–Crippen MR) is 97.0 cm³/mol. The van der Waals surface area contributed by atoms with Gasteiger partial charge in [-0.15, -0.1) is 0 Å². The molecule has 6 nitrogen and oxygen atoms in total. The number of aromatic nitrogens is 3. The number of methoxy groups -OCH3 is 1. The van der Waals surface area contributed by atoms with Crippen LogP contribution in [0.25, 0.3) is 22.2 Å². The quantitative estimate of drug-likeness (QED) is 0.750. The molecule has 0 atom stereocenters. The Hall–Kier alpha value is -2.73. The molecule has 3 rings (SSSR count). The number of benzene rings is 1. The number of para-hydroxylation sites is 1. The number of carbonyl (C=O) groups excluding carboxylic acids is 1. The molecule has 3 aromatic rings. The van der Waals surface area contributed by atoms with Gasteiger partial charge in [0, 0.05) is 61.5 Å². The van der Waals surface area contributed by atoms with E-state index >= 15 is 0 Å². The monoisotopic (exact) mass is 338 g/mol. The second kappa shape index (κ2) is 7.44. The summed E-state index contributed by atoms with van der Waals surface area (Å²) >= 11 is 0. The average molecular weight is 338 g/mol. The van der Waals surface area contributed by atoms with Crippen molar-refractivity contribution in [2.24, 2.45) is 7.05 Å². The van der Waals surface area contributed by atoms with Crippen molar-refractivity contribution in [3.8, 4) is 11.3 Å². The first-order valence-corrected chi connectivity index (χ1v) is 8.22. The Morgan fingerprint density at radius 1 is 1.32 bits per heavy atom. The topological polar surface area (TPSA) is 69.0 Å². The van der Waals surface area contributed by atoms with E-state index in [1.165, 1.54) is 0 Å². The van der Waals surface area contributed by atoms with Crippen LogP contribution in [0.4, 0.5) is 0 Å². The standard InChI is InChI=1S/C19H22N4O2/c1-13-20-10-14(11-21-18(24)8-9-25-3)19(22-13)16-12-23(2)17-7-5-4-6-15(16)17/h4-7,10,12H,8-9,11H2,1-3H3,(H,21,24). The van der Waals surface area contributed by atoms with Crippen LogP contribution in [0, 0.1) is 6.92 Å². The van der Waals surface area contributed by atoms with Crippen LogP contribution < -0.4 is 5.32 Å². The number of amides is 1. The van der Waals surface area contributed by atoms with Crippen LogP contribution in [0.3, 0.4) is 0 Å². The summed E-state index contributed by atoms with van der Waals surface area (Å²) in [5, 5.41) is 4.05. The summed E-state index contributed by atoms with van der Waals surface area (Å²) in [6, 6.07) is 8.21. The molecule has 1 amide bonds. The number of nitrogens with one attached hydrogen (secondary N) is 1. The van der Waals surface area contributed by atoms with Gasteiger partial charge in [-0.3, -0.25) is 4.79 Å². The van der Waals surface area contributed by atoms with Gasteiger partial charge < -0.3 is 14.6 Å². The zero-order valence-electron chi connectivity index (χ0n) is 14.7. The third-order valence-electron chi connectivity index (χ3n) is 4.15. The summed E-state index contributed by atoms with van der Waals surface area (Å²) in [5.41, 5.74) is 3.94. The first kappa shape index (κ1) is 17.1. The van der Waals surface area contributed by atoms with Crippen LogP contribution in [0.1, 0.15) is 17.8 Å². The number of nitrogens with zero attached hydrogens (tertiary/aromatic N) is 3. The highest BCUT2D eigenvalue weighted by Crippen LogP contribution is 2.30. The van der Waals surface area contributed by atoms with Crippen molar-refractivity contribution in [2.75, 3.05) is 13.7 Å². The second-order valence-corrected chi connectivity index (χ2v) is 5.98. The van der Waals surface area contributed by atoms with Crippen molar-refractivity contribution in [3.63, 3.8) is 0 Å². The van der Waals surface area contributed by atoms with Crippen molar-refractivity contribution in [1.29, 1.82) is 0 Å². The Kier molecular flexibility index (Phi) is 5.09. The molecular formula is C19H22N4O2. The van der Waals surface area contributed by atoms with Crippen molar-refractivity contribution in [3.05, 3.63) is 48.0 Å². The Labute approximate surface area is 146 Å². The van der Waals surface area contributed by atoms with E-state index in [4.69, 9.17) is 4.74 Å². The van der Waals surface area contributed by atoms with Gasteiger partial charge >= 0.3 is 0 Å². The smallest absolute Gasteiger partial charge is 0.222 e. The summed E-state index contributed by atoms with van der Waals surface area (Å²) in [6.07, 6.45) is 4.20. The van der Waals surface area contributed by atoms with Crippen LogP contribution in [-0.2, 0) is 23.1 Å². The van der Waals surface area contributed by atoms with E-state index in [1.54, 1.807) is 13.3 Å². The fourth-order valence-electron chi connectivity index (χ4n) is 2.86. The molecule has 25 heavy (non-hydrogen) atoms. The van der Waals surface area contributed by atoms with E-state index in [1.807, 2.05) is 26.1 Å². The zero-order valence-corrected chi connectivity index (χ0v) is 14.7. The Morgan fingerprint density at radius 3 is 2.92 bits per heavy atom. The number of hydrogen-bond acceptors (Lipinski definition) is 4. The molecule has 0 fully saturated rings. The number of fused-ring (bicyclic) bond motifs is 1. The van der Waals surface area contributed by atoms with Crippen molar-refractivity contribution in [1.82, 2.24) is 19.9 Å². The number of carbonyl (C=O) groups is 1. The number of aryl methyl sites for hydroxylation is 2.